The Morgan fingerprint density at radius 1 is 1.33 bits per heavy atom. The first kappa shape index (κ1) is 16.5. The van der Waals surface area contributed by atoms with Gasteiger partial charge < -0.3 is 10.1 Å². The molecule has 1 aromatic carbocycles. The first-order valence-electron chi connectivity index (χ1n) is 7.63. The summed E-state index contributed by atoms with van der Waals surface area (Å²) >= 11 is 0. The smallest absolute Gasteiger partial charge is 0.179 e. The van der Waals surface area contributed by atoms with Crippen LogP contribution >= 0.6 is 0 Å². The summed E-state index contributed by atoms with van der Waals surface area (Å²) in [6.45, 7) is 6.27. The van der Waals surface area contributed by atoms with Gasteiger partial charge in [-0.15, -0.1) is 0 Å². The predicted molar refractivity (Wildman–Crippen MR) is 84.2 cm³/mol. The second-order valence-corrected chi connectivity index (χ2v) is 7.81. The number of hydrogen-bond donors (Lipinski definition) is 1. The van der Waals surface area contributed by atoms with Crippen molar-refractivity contribution in [3.63, 3.8) is 0 Å². The fourth-order valence-electron chi connectivity index (χ4n) is 2.64. The van der Waals surface area contributed by atoms with Gasteiger partial charge in [-0.2, -0.15) is 0 Å². The van der Waals surface area contributed by atoms with E-state index >= 15 is 0 Å². The maximum atomic E-state index is 12.6. The highest BCUT2D eigenvalue weighted by molar-refractivity contribution is 7.91. The molecule has 1 heterocycles. The van der Waals surface area contributed by atoms with Crippen molar-refractivity contribution < 1.29 is 13.2 Å². The number of aryl methyl sites for hydroxylation is 1. The van der Waals surface area contributed by atoms with Gasteiger partial charge in [0.1, 0.15) is 0 Å². The maximum absolute atomic E-state index is 12.6. The van der Waals surface area contributed by atoms with Gasteiger partial charge in [-0.1, -0.05) is 24.6 Å². The van der Waals surface area contributed by atoms with Crippen molar-refractivity contribution >= 4 is 9.84 Å². The summed E-state index contributed by atoms with van der Waals surface area (Å²) in [5, 5.41) is 3.39. The Morgan fingerprint density at radius 2 is 2.05 bits per heavy atom. The summed E-state index contributed by atoms with van der Waals surface area (Å²) in [5.41, 5.74) is 1.07. The van der Waals surface area contributed by atoms with Gasteiger partial charge in [0.2, 0.25) is 0 Å². The minimum atomic E-state index is -3.26. The van der Waals surface area contributed by atoms with E-state index in [-0.39, 0.29) is 17.7 Å². The van der Waals surface area contributed by atoms with E-state index in [1.165, 1.54) is 0 Å². The number of hydrogen-bond acceptors (Lipinski definition) is 4. The van der Waals surface area contributed by atoms with E-state index in [1.54, 1.807) is 12.1 Å². The summed E-state index contributed by atoms with van der Waals surface area (Å²) in [6.07, 6.45) is 1.93. The summed E-state index contributed by atoms with van der Waals surface area (Å²) in [4.78, 5) is 0.412. The molecule has 0 aromatic heterocycles. The number of sulfone groups is 1. The number of ether oxygens (including phenoxy) is 1. The van der Waals surface area contributed by atoms with E-state index in [4.69, 9.17) is 4.74 Å². The van der Waals surface area contributed by atoms with Crippen molar-refractivity contribution in [2.45, 2.75) is 37.6 Å². The average molecular weight is 311 g/mol. The van der Waals surface area contributed by atoms with E-state index < -0.39 is 9.84 Å². The molecular formula is C16H25NO3S. The second-order valence-electron chi connectivity index (χ2n) is 5.78. The van der Waals surface area contributed by atoms with Gasteiger partial charge in [-0.05, 0) is 38.4 Å². The van der Waals surface area contributed by atoms with E-state index in [2.05, 4.69) is 12.2 Å². The molecule has 0 bridgehead atoms. The first-order chi connectivity index (χ1) is 10.0. The maximum Gasteiger partial charge on any atom is 0.179 e. The number of nitrogens with one attached hydrogen (secondary N) is 1. The standard InChI is InChI=1S/C16H25NO3S/c1-3-9-17-16(14-8-10-20-11-14)12-21(18,19)15-6-4-13(2)5-7-15/h4-7,14,16-17H,3,8-12H2,1-2H3. The Kier molecular flexibility index (Phi) is 5.79. The third-order valence-electron chi connectivity index (χ3n) is 3.97. The molecule has 4 nitrogen and oxygen atoms in total. The molecule has 1 aliphatic heterocycles. The molecule has 5 heteroatoms. The van der Waals surface area contributed by atoms with Crippen LogP contribution in [0.4, 0.5) is 0 Å². The lowest BCUT2D eigenvalue weighted by molar-refractivity contribution is 0.178. The first-order valence-corrected chi connectivity index (χ1v) is 9.28. The fraction of sp³-hybridized carbons (Fsp3) is 0.625. The quantitative estimate of drug-likeness (QED) is 0.838. The van der Waals surface area contributed by atoms with Crippen LogP contribution in [0.1, 0.15) is 25.3 Å². The molecule has 0 spiro atoms. The summed E-state index contributed by atoms with van der Waals surface area (Å²) in [6, 6.07) is 7.07. The minimum absolute atomic E-state index is 0.0289. The Balaban J connectivity index is 2.11. The molecule has 0 saturated carbocycles. The molecule has 0 amide bonds. The fourth-order valence-corrected chi connectivity index (χ4v) is 4.25. The van der Waals surface area contributed by atoms with Crippen LogP contribution in [0.15, 0.2) is 29.2 Å². The lowest BCUT2D eigenvalue weighted by atomic mass is 10.0. The highest BCUT2D eigenvalue weighted by Crippen LogP contribution is 2.21. The molecule has 1 aliphatic rings. The van der Waals surface area contributed by atoms with E-state index in [0.29, 0.717) is 11.5 Å². The van der Waals surface area contributed by atoms with Gasteiger partial charge in [0.25, 0.3) is 0 Å². The SMILES string of the molecule is CCCNC(CS(=O)(=O)c1ccc(C)cc1)C1CCOC1. The van der Waals surface area contributed by atoms with E-state index in [0.717, 1.165) is 31.6 Å². The van der Waals surface area contributed by atoms with Crippen molar-refractivity contribution in [2.75, 3.05) is 25.5 Å². The third-order valence-corrected chi connectivity index (χ3v) is 5.76. The van der Waals surface area contributed by atoms with Crippen molar-refractivity contribution in [3.05, 3.63) is 29.8 Å². The van der Waals surface area contributed by atoms with Gasteiger partial charge in [0.15, 0.2) is 9.84 Å². The van der Waals surface area contributed by atoms with Crippen LogP contribution in [0.5, 0.6) is 0 Å². The molecule has 0 aliphatic carbocycles. The van der Waals surface area contributed by atoms with Crippen LogP contribution in [0.3, 0.4) is 0 Å². The highest BCUT2D eigenvalue weighted by Gasteiger charge is 2.30. The van der Waals surface area contributed by atoms with E-state index in [9.17, 15) is 8.42 Å². The summed E-state index contributed by atoms with van der Waals surface area (Å²) in [7, 11) is -3.26. The number of rotatable bonds is 7. The van der Waals surface area contributed by atoms with Crippen LogP contribution in [0.25, 0.3) is 0 Å². The third kappa shape index (κ3) is 4.53. The largest absolute Gasteiger partial charge is 0.381 e. The van der Waals surface area contributed by atoms with Crippen LogP contribution in [0.2, 0.25) is 0 Å². The summed E-state index contributed by atoms with van der Waals surface area (Å²) < 4.78 is 30.6. The monoisotopic (exact) mass is 311 g/mol. The molecule has 1 saturated heterocycles. The Morgan fingerprint density at radius 3 is 2.62 bits per heavy atom. The van der Waals surface area contributed by atoms with Crippen LogP contribution in [-0.2, 0) is 14.6 Å². The normalized spacial score (nSPS) is 20.6. The topological polar surface area (TPSA) is 55.4 Å². The molecule has 1 fully saturated rings. The van der Waals surface area contributed by atoms with Gasteiger partial charge >= 0.3 is 0 Å². The van der Waals surface area contributed by atoms with Gasteiger partial charge in [0, 0.05) is 18.6 Å². The summed E-state index contributed by atoms with van der Waals surface area (Å²) in [5.74, 6) is 0.432. The molecule has 2 rings (SSSR count). The van der Waals surface area contributed by atoms with Crippen LogP contribution < -0.4 is 5.32 Å². The van der Waals surface area contributed by atoms with Gasteiger partial charge in [-0.3, -0.25) is 0 Å². The lowest BCUT2D eigenvalue weighted by Crippen LogP contribution is -2.42. The zero-order valence-electron chi connectivity index (χ0n) is 12.8. The Hall–Kier alpha value is -0.910. The molecule has 1 N–H and O–H groups in total. The van der Waals surface area contributed by atoms with Gasteiger partial charge in [0.05, 0.1) is 17.3 Å². The lowest BCUT2D eigenvalue weighted by Gasteiger charge is -2.23. The average Bonchev–Trinajstić information content (AvgIpc) is 2.98. The Labute approximate surface area is 127 Å². The molecule has 118 valence electrons. The zero-order chi connectivity index (χ0) is 15.3. The zero-order valence-corrected chi connectivity index (χ0v) is 13.7. The van der Waals surface area contributed by atoms with Crippen molar-refractivity contribution in [2.24, 2.45) is 5.92 Å². The van der Waals surface area contributed by atoms with Crippen LogP contribution in [0, 0.1) is 12.8 Å². The Bertz CT molecular complexity index is 533. The molecule has 21 heavy (non-hydrogen) atoms. The molecule has 2 atom stereocenters. The molecule has 2 unspecified atom stereocenters. The molecule has 1 aromatic rings. The number of benzene rings is 1. The highest BCUT2D eigenvalue weighted by atomic mass is 32.2. The minimum Gasteiger partial charge on any atom is -0.381 e. The predicted octanol–water partition coefficient (Wildman–Crippen LogP) is 2.17. The molecule has 0 radical (unpaired) electrons. The second kappa shape index (κ2) is 7.38. The van der Waals surface area contributed by atoms with Gasteiger partial charge in [-0.25, -0.2) is 8.42 Å². The van der Waals surface area contributed by atoms with Crippen LogP contribution in [-0.4, -0.2) is 40.0 Å². The van der Waals surface area contributed by atoms with Crippen molar-refractivity contribution in [3.8, 4) is 0 Å². The van der Waals surface area contributed by atoms with Crippen molar-refractivity contribution in [1.82, 2.24) is 5.32 Å². The molecular weight excluding hydrogens is 286 g/mol. The van der Waals surface area contributed by atoms with E-state index in [1.807, 2.05) is 19.1 Å². The van der Waals surface area contributed by atoms with Crippen molar-refractivity contribution in [1.29, 1.82) is 0 Å².